The molecule has 6 heteroatoms. The van der Waals surface area contributed by atoms with Crippen LogP contribution in [0.2, 0.25) is 0 Å². The number of fused-ring (bicyclic) bond motifs is 1. The summed E-state index contributed by atoms with van der Waals surface area (Å²) in [5, 5.41) is 5.15. The van der Waals surface area contributed by atoms with E-state index >= 15 is 0 Å². The third-order valence-electron chi connectivity index (χ3n) is 3.90. The van der Waals surface area contributed by atoms with E-state index in [0.29, 0.717) is 12.1 Å². The fourth-order valence-corrected chi connectivity index (χ4v) is 3.24. The number of nitrogens with two attached hydrogens (primary N) is 1. The predicted octanol–water partition coefficient (Wildman–Crippen LogP) is 1.85. The van der Waals surface area contributed by atoms with E-state index in [1.165, 1.54) is 12.1 Å². The lowest BCUT2D eigenvalue weighted by Gasteiger charge is -2.19. The van der Waals surface area contributed by atoms with Crippen LogP contribution in [0.4, 0.5) is 5.69 Å². The highest BCUT2D eigenvalue weighted by atomic mass is 32.2. The molecule has 0 radical (unpaired) electrons. The molecule has 22 heavy (non-hydrogen) atoms. The number of primary sulfonamides is 1. The quantitative estimate of drug-likeness (QED) is 0.918. The van der Waals surface area contributed by atoms with E-state index < -0.39 is 10.0 Å². The maximum atomic E-state index is 12.8. The summed E-state index contributed by atoms with van der Waals surface area (Å²) in [7, 11) is -3.83. The fourth-order valence-electron chi connectivity index (χ4n) is 2.70. The van der Waals surface area contributed by atoms with Crippen LogP contribution in [0.25, 0.3) is 0 Å². The number of benzene rings is 2. The Morgan fingerprint density at radius 3 is 2.64 bits per heavy atom. The molecular weight excluding hydrogens is 300 g/mol. The van der Waals surface area contributed by atoms with Crippen LogP contribution in [0.3, 0.4) is 0 Å². The molecule has 3 rings (SSSR count). The van der Waals surface area contributed by atoms with Gasteiger partial charge in [-0.1, -0.05) is 24.3 Å². The Morgan fingerprint density at radius 1 is 1.18 bits per heavy atom. The highest BCUT2D eigenvalue weighted by Gasteiger charge is 2.26. The molecule has 1 amide bonds. The number of hydrogen-bond donors (Lipinski definition) is 1. The maximum absolute atomic E-state index is 12.8. The minimum absolute atomic E-state index is 0.0473. The molecular formula is C16H16N2O3S. The van der Waals surface area contributed by atoms with Crippen molar-refractivity contribution in [2.24, 2.45) is 5.14 Å². The molecule has 0 saturated heterocycles. The first kappa shape index (κ1) is 14.7. The SMILES string of the molecule is Cc1ccc(S(N)(=O)=O)cc1C(=O)N1CCc2ccccc21. The third-order valence-corrected chi connectivity index (χ3v) is 4.81. The molecule has 0 aromatic heterocycles. The molecule has 2 aromatic carbocycles. The molecule has 5 nitrogen and oxygen atoms in total. The monoisotopic (exact) mass is 316 g/mol. The number of amides is 1. The van der Waals surface area contributed by atoms with Crippen molar-refractivity contribution in [2.75, 3.05) is 11.4 Å². The summed E-state index contributed by atoms with van der Waals surface area (Å²) in [4.78, 5) is 14.4. The summed E-state index contributed by atoms with van der Waals surface area (Å²) in [6.45, 7) is 2.37. The molecule has 0 aliphatic carbocycles. The zero-order valence-corrected chi connectivity index (χ0v) is 12.9. The fraction of sp³-hybridized carbons (Fsp3) is 0.188. The zero-order valence-electron chi connectivity index (χ0n) is 12.1. The Labute approximate surface area is 129 Å². The van der Waals surface area contributed by atoms with Crippen LogP contribution in [0, 0.1) is 6.92 Å². The van der Waals surface area contributed by atoms with Crippen LogP contribution >= 0.6 is 0 Å². The normalized spacial score (nSPS) is 14.0. The van der Waals surface area contributed by atoms with Crippen molar-refractivity contribution in [3.63, 3.8) is 0 Å². The van der Waals surface area contributed by atoms with E-state index in [1.807, 2.05) is 24.3 Å². The molecule has 0 unspecified atom stereocenters. The number of hydrogen-bond acceptors (Lipinski definition) is 3. The van der Waals surface area contributed by atoms with Crippen molar-refractivity contribution >= 4 is 21.6 Å². The molecule has 1 heterocycles. The summed E-state index contributed by atoms with van der Waals surface area (Å²) in [5.41, 5.74) is 3.09. The molecule has 0 saturated carbocycles. The summed E-state index contributed by atoms with van der Waals surface area (Å²) in [5.74, 6) is -0.201. The lowest BCUT2D eigenvalue weighted by molar-refractivity contribution is 0.0988. The van der Waals surface area contributed by atoms with Gasteiger partial charge in [-0.05, 0) is 42.7 Å². The molecule has 2 aromatic rings. The van der Waals surface area contributed by atoms with Gasteiger partial charge in [0.15, 0.2) is 0 Å². The number of carbonyl (C=O) groups excluding carboxylic acids is 1. The van der Waals surface area contributed by atoms with Crippen molar-refractivity contribution < 1.29 is 13.2 Å². The van der Waals surface area contributed by atoms with Crippen molar-refractivity contribution in [1.29, 1.82) is 0 Å². The van der Waals surface area contributed by atoms with Crippen molar-refractivity contribution in [3.8, 4) is 0 Å². The first-order valence-corrected chi connectivity index (χ1v) is 8.46. The molecule has 1 aliphatic rings. The second-order valence-electron chi connectivity index (χ2n) is 5.36. The van der Waals surface area contributed by atoms with E-state index in [9.17, 15) is 13.2 Å². The highest BCUT2D eigenvalue weighted by Crippen LogP contribution is 2.29. The zero-order chi connectivity index (χ0) is 15.9. The second-order valence-corrected chi connectivity index (χ2v) is 6.92. The topological polar surface area (TPSA) is 80.5 Å². The maximum Gasteiger partial charge on any atom is 0.258 e. The molecule has 114 valence electrons. The molecule has 0 fully saturated rings. The first-order valence-electron chi connectivity index (χ1n) is 6.91. The Kier molecular flexibility index (Phi) is 3.50. The van der Waals surface area contributed by atoms with E-state index in [-0.39, 0.29) is 10.8 Å². The van der Waals surface area contributed by atoms with Gasteiger partial charge in [-0.25, -0.2) is 13.6 Å². The van der Waals surface area contributed by atoms with E-state index in [2.05, 4.69) is 0 Å². The van der Waals surface area contributed by atoms with Gasteiger partial charge in [0.2, 0.25) is 10.0 Å². The lowest BCUT2D eigenvalue weighted by atomic mass is 10.1. The van der Waals surface area contributed by atoms with Gasteiger partial charge < -0.3 is 4.90 Å². The van der Waals surface area contributed by atoms with Crippen molar-refractivity contribution in [3.05, 3.63) is 59.2 Å². The average Bonchev–Trinajstić information content (AvgIpc) is 2.89. The number of carbonyl (C=O) groups is 1. The molecule has 2 N–H and O–H groups in total. The third kappa shape index (κ3) is 2.51. The van der Waals surface area contributed by atoms with Crippen LogP contribution in [0.15, 0.2) is 47.4 Å². The molecule has 0 spiro atoms. The van der Waals surface area contributed by atoms with Gasteiger partial charge in [0, 0.05) is 17.8 Å². The number of sulfonamides is 1. The number of nitrogens with zero attached hydrogens (tertiary/aromatic N) is 1. The molecule has 1 aliphatic heterocycles. The van der Waals surface area contributed by atoms with Crippen LogP contribution in [-0.4, -0.2) is 20.9 Å². The van der Waals surface area contributed by atoms with Gasteiger partial charge in [0.1, 0.15) is 0 Å². The van der Waals surface area contributed by atoms with Crippen LogP contribution in [-0.2, 0) is 16.4 Å². The Bertz CT molecular complexity index is 859. The number of anilines is 1. The summed E-state index contributed by atoms with van der Waals surface area (Å²) >= 11 is 0. The summed E-state index contributed by atoms with van der Waals surface area (Å²) in [6, 6.07) is 12.1. The number of para-hydroxylation sites is 1. The molecule has 0 bridgehead atoms. The van der Waals surface area contributed by atoms with Crippen LogP contribution < -0.4 is 10.0 Å². The highest BCUT2D eigenvalue weighted by molar-refractivity contribution is 7.89. The van der Waals surface area contributed by atoms with Gasteiger partial charge in [-0.3, -0.25) is 4.79 Å². The minimum atomic E-state index is -3.83. The second kappa shape index (κ2) is 5.23. The van der Waals surface area contributed by atoms with Crippen LogP contribution in [0.5, 0.6) is 0 Å². The van der Waals surface area contributed by atoms with Crippen LogP contribution in [0.1, 0.15) is 21.5 Å². The van der Waals surface area contributed by atoms with Gasteiger partial charge in [0.25, 0.3) is 5.91 Å². The average molecular weight is 316 g/mol. The minimum Gasteiger partial charge on any atom is -0.308 e. The number of rotatable bonds is 2. The Hall–Kier alpha value is -2.18. The number of aryl methyl sites for hydroxylation is 1. The standard InChI is InChI=1S/C16H16N2O3S/c1-11-6-7-13(22(17,20)21)10-14(11)16(19)18-9-8-12-4-2-3-5-15(12)18/h2-7,10H,8-9H2,1H3,(H2,17,20,21). The first-order chi connectivity index (χ1) is 10.4. The van der Waals surface area contributed by atoms with E-state index in [4.69, 9.17) is 5.14 Å². The van der Waals surface area contributed by atoms with E-state index in [1.54, 1.807) is 17.9 Å². The van der Waals surface area contributed by atoms with Crippen molar-refractivity contribution in [2.45, 2.75) is 18.2 Å². The summed E-state index contributed by atoms with van der Waals surface area (Å²) in [6.07, 6.45) is 0.801. The van der Waals surface area contributed by atoms with E-state index in [0.717, 1.165) is 23.2 Å². The van der Waals surface area contributed by atoms with Gasteiger partial charge in [-0.2, -0.15) is 0 Å². The smallest absolute Gasteiger partial charge is 0.258 e. The predicted molar refractivity (Wildman–Crippen MR) is 84.4 cm³/mol. The largest absolute Gasteiger partial charge is 0.308 e. The summed E-state index contributed by atoms with van der Waals surface area (Å²) < 4.78 is 23.0. The molecule has 0 atom stereocenters. The lowest BCUT2D eigenvalue weighted by Crippen LogP contribution is -2.29. The Balaban J connectivity index is 2.04. The Morgan fingerprint density at radius 2 is 1.91 bits per heavy atom. The van der Waals surface area contributed by atoms with Crippen molar-refractivity contribution in [1.82, 2.24) is 0 Å². The van der Waals surface area contributed by atoms with Gasteiger partial charge >= 0.3 is 0 Å². The van der Waals surface area contributed by atoms with Gasteiger partial charge in [0.05, 0.1) is 4.90 Å². The van der Waals surface area contributed by atoms with Gasteiger partial charge in [-0.15, -0.1) is 0 Å².